The molecule has 0 amide bonds. The molecule has 0 unspecified atom stereocenters. The summed E-state index contributed by atoms with van der Waals surface area (Å²) in [6, 6.07) is -0.447. The number of anilines is 1. The van der Waals surface area contributed by atoms with Crippen molar-refractivity contribution in [2.45, 2.75) is 19.9 Å². The third-order valence-corrected chi connectivity index (χ3v) is 2.74. The van der Waals surface area contributed by atoms with E-state index >= 15 is 0 Å². The molecule has 0 aliphatic heterocycles. The Morgan fingerprint density at radius 3 is 2.38 bits per heavy atom. The lowest BCUT2D eigenvalue weighted by Gasteiger charge is -2.18. The summed E-state index contributed by atoms with van der Waals surface area (Å²) < 4.78 is 11.6. The monoisotopic (exact) mass is 293 g/mol. The first kappa shape index (κ1) is 14.7. The number of rotatable bonds is 5. The predicted molar refractivity (Wildman–Crippen MR) is 72.0 cm³/mol. The first-order chi connectivity index (χ1) is 9.99. The highest BCUT2D eigenvalue weighted by Crippen LogP contribution is 2.19. The van der Waals surface area contributed by atoms with Gasteiger partial charge >= 0.3 is 11.9 Å². The summed E-state index contributed by atoms with van der Waals surface area (Å²) in [5.74, 6) is -0.611. The van der Waals surface area contributed by atoms with Crippen LogP contribution in [0.2, 0.25) is 0 Å². The molecule has 0 saturated carbocycles. The average molecular weight is 293 g/mol. The average Bonchev–Trinajstić information content (AvgIpc) is 2.84. The van der Waals surface area contributed by atoms with Crippen molar-refractivity contribution in [1.29, 1.82) is 0 Å². The quantitative estimate of drug-likeness (QED) is 0.769. The minimum Gasteiger partial charge on any atom is -0.464 e. The summed E-state index contributed by atoms with van der Waals surface area (Å²) in [5.41, 5.74) is 6.63. The summed E-state index contributed by atoms with van der Waals surface area (Å²) in [6.07, 6.45) is 2.80. The van der Waals surface area contributed by atoms with Crippen LogP contribution in [0.1, 0.15) is 19.9 Å². The second-order valence-corrected chi connectivity index (χ2v) is 4.34. The zero-order chi connectivity index (χ0) is 15.4. The molecular formula is C12H15N5O4. The van der Waals surface area contributed by atoms with Crippen LogP contribution in [0.3, 0.4) is 0 Å². The number of nitrogens with zero attached hydrogens (tertiary/aromatic N) is 4. The number of fused-ring (bicyclic) bond motifs is 1. The van der Waals surface area contributed by atoms with Crippen molar-refractivity contribution in [1.82, 2.24) is 19.5 Å². The highest BCUT2D eigenvalue weighted by atomic mass is 16.5. The first-order valence-electron chi connectivity index (χ1n) is 6.18. The molecular weight excluding hydrogens is 278 g/mol. The third kappa shape index (κ3) is 3.44. The number of ether oxygens (including phenoxy) is 2. The normalized spacial score (nSPS) is 10.8. The summed E-state index contributed by atoms with van der Waals surface area (Å²) in [7, 11) is 0. The molecule has 0 aromatic carbocycles. The molecule has 0 saturated heterocycles. The van der Waals surface area contributed by atoms with Gasteiger partial charge in [-0.05, 0) is 0 Å². The molecule has 0 bridgehead atoms. The fraction of sp³-hybridized carbons (Fsp3) is 0.417. The Morgan fingerprint density at radius 2 is 1.81 bits per heavy atom. The summed E-state index contributed by atoms with van der Waals surface area (Å²) in [4.78, 5) is 34.0. The summed E-state index contributed by atoms with van der Waals surface area (Å²) in [6.45, 7) is 2.65. The second-order valence-electron chi connectivity index (χ2n) is 4.34. The van der Waals surface area contributed by atoms with Crippen molar-refractivity contribution >= 4 is 28.9 Å². The van der Waals surface area contributed by atoms with E-state index in [1.54, 1.807) is 4.57 Å². The van der Waals surface area contributed by atoms with E-state index in [2.05, 4.69) is 15.0 Å². The predicted octanol–water partition coefficient (Wildman–Crippen LogP) is 0.0758. The van der Waals surface area contributed by atoms with Gasteiger partial charge < -0.3 is 19.8 Å². The number of nitrogen functional groups attached to an aromatic ring is 1. The molecule has 2 heterocycles. The van der Waals surface area contributed by atoms with E-state index in [4.69, 9.17) is 15.2 Å². The van der Waals surface area contributed by atoms with Crippen LogP contribution in [-0.4, -0.2) is 44.7 Å². The number of carbonyl (C=O) groups is 2. The maximum Gasteiger partial charge on any atom is 0.302 e. The standard InChI is InChI=1S/C12H15N5O4/c1-7(18)20-3-9(4-21-8(2)19)17-6-16-10-11(13)14-5-15-12(10)17/h5-6,9H,3-4H2,1-2H3,(H2,13,14,15). The van der Waals surface area contributed by atoms with Crippen molar-refractivity contribution in [3.63, 3.8) is 0 Å². The van der Waals surface area contributed by atoms with E-state index in [1.807, 2.05) is 0 Å². The van der Waals surface area contributed by atoms with Crippen molar-refractivity contribution in [2.75, 3.05) is 18.9 Å². The van der Waals surface area contributed by atoms with Gasteiger partial charge in [0.15, 0.2) is 11.5 Å². The summed E-state index contributed by atoms with van der Waals surface area (Å²) >= 11 is 0. The molecule has 0 atom stereocenters. The lowest BCUT2D eigenvalue weighted by Crippen LogP contribution is -2.23. The van der Waals surface area contributed by atoms with E-state index in [-0.39, 0.29) is 19.0 Å². The molecule has 2 rings (SSSR count). The minimum absolute atomic E-state index is 0.0258. The Kier molecular flexibility index (Phi) is 4.31. The highest BCUT2D eigenvalue weighted by molar-refractivity contribution is 5.81. The van der Waals surface area contributed by atoms with Crippen molar-refractivity contribution in [3.05, 3.63) is 12.7 Å². The van der Waals surface area contributed by atoms with Gasteiger partial charge in [0.25, 0.3) is 0 Å². The van der Waals surface area contributed by atoms with Gasteiger partial charge in [-0.1, -0.05) is 0 Å². The Balaban J connectivity index is 2.30. The smallest absolute Gasteiger partial charge is 0.302 e. The Bertz CT molecular complexity index is 651. The number of carbonyl (C=O) groups excluding carboxylic acids is 2. The fourth-order valence-electron chi connectivity index (χ4n) is 1.77. The van der Waals surface area contributed by atoms with Crippen LogP contribution in [0.4, 0.5) is 5.82 Å². The topological polar surface area (TPSA) is 122 Å². The Morgan fingerprint density at radius 1 is 1.19 bits per heavy atom. The van der Waals surface area contributed by atoms with Crippen molar-refractivity contribution in [3.8, 4) is 0 Å². The third-order valence-electron chi connectivity index (χ3n) is 2.74. The second kappa shape index (κ2) is 6.16. The molecule has 112 valence electrons. The van der Waals surface area contributed by atoms with Crippen LogP contribution in [0.15, 0.2) is 12.7 Å². The number of esters is 2. The van der Waals surface area contributed by atoms with E-state index in [0.29, 0.717) is 11.2 Å². The van der Waals surface area contributed by atoms with Crippen molar-refractivity contribution < 1.29 is 19.1 Å². The molecule has 0 radical (unpaired) electrons. The Hall–Kier alpha value is -2.71. The SMILES string of the molecule is CC(=O)OCC(COC(C)=O)n1cnc2c(N)ncnc21. The van der Waals surface area contributed by atoms with Gasteiger partial charge in [0.05, 0.1) is 6.33 Å². The molecule has 0 aliphatic carbocycles. The zero-order valence-electron chi connectivity index (χ0n) is 11.6. The van der Waals surface area contributed by atoms with Crippen LogP contribution >= 0.6 is 0 Å². The lowest BCUT2D eigenvalue weighted by atomic mass is 10.3. The van der Waals surface area contributed by atoms with Crippen LogP contribution < -0.4 is 5.73 Å². The van der Waals surface area contributed by atoms with Crippen LogP contribution in [0.5, 0.6) is 0 Å². The molecule has 2 aromatic rings. The largest absolute Gasteiger partial charge is 0.464 e. The number of hydrogen-bond acceptors (Lipinski definition) is 8. The molecule has 21 heavy (non-hydrogen) atoms. The van der Waals surface area contributed by atoms with Crippen LogP contribution in [-0.2, 0) is 19.1 Å². The highest BCUT2D eigenvalue weighted by Gasteiger charge is 2.19. The number of aromatic nitrogens is 4. The van der Waals surface area contributed by atoms with E-state index < -0.39 is 18.0 Å². The zero-order valence-corrected chi connectivity index (χ0v) is 11.6. The molecule has 2 aromatic heterocycles. The molecule has 2 N–H and O–H groups in total. The van der Waals surface area contributed by atoms with Crippen LogP contribution in [0.25, 0.3) is 11.2 Å². The van der Waals surface area contributed by atoms with Gasteiger partial charge in [0.2, 0.25) is 0 Å². The molecule has 0 aliphatic rings. The molecule has 9 nitrogen and oxygen atoms in total. The van der Waals surface area contributed by atoms with E-state index in [0.717, 1.165) is 0 Å². The molecule has 0 fully saturated rings. The van der Waals surface area contributed by atoms with E-state index in [1.165, 1.54) is 26.5 Å². The number of nitrogens with two attached hydrogens (primary N) is 1. The number of hydrogen-bond donors (Lipinski definition) is 1. The first-order valence-corrected chi connectivity index (χ1v) is 6.18. The van der Waals surface area contributed by atoms with Crippen molar-refractivity contribution in [2.24, 2.45) is 0 Å². The van der Waals surface area contributed by atoms with Gasteiger partial charge in [-0.2, -0.15) is 0 Å². The van der Waals surface area contributed by atoms with Gasteiger partial charge in [0.1, 0.15) is 31.1 Å². The van der Waals surface area contributed by atoms with Gasteiger partial charge in [-0.3, -0.25) is 9.59 Å². The fourth-order valence-corrected chi connectivity index (χ4v) is 1.77. The Labute approximate surface area is 120 Å². The van der Waals surface area contributed by atoms with Crippen LogP contribution in [0, 0.1) is 0 Å². The molecule has 0 spiro atoms. The van der Waals surface area contributed by atoms with Gasteiger partial charge in [-0.15, -0.1) is 0 Å². The minimum atomic E-state index is -0.447. The lowest BCUT2D eigenvalue weighted by molar-refractivity contribution is -0.145. The van der Waals surface area contributed by atoms with Gasteiger partial charge in [0, 0.05) is 13.8 Å². The number of imidazole rings is 1. The summed E-state index contributed by atoms with van der Waals surface area (Å²) in [5, 5.41) is 0. The van der Waals surface area contributed by atoms with Gasteiger partial charge in [-0.25, -0.2) is 15.0 Å². The molecule has 9 heteroatoms. The maximum atomic E-state index is 11.0. The maximum absolute atomic E-state index is 11.0. The van der Waals surface area contributed by atoms with E-state index in [9.17, 15) is 9.59 Å².